The zero-order chi connectivity index (χ0) is 22.4. The largest absolute Gasteiger partial charge is 0.368 e. The highest BCUT2D eigenvalue weighted by Crippen LogP contribution is 2.21. The molecule has 1 saturated heterocycles. The highest BCUT2D eigenvalue weighted by atomic mass is 16.2. The lowest BCUT2D eigenvalue weighted by atomic mass is 10.2. The molecule has 0 aliphatic carbocycles. The fourth-order valence-electron chi connectivity index (χ4n) is 3.59. The van der Waals surface area contributed by atoms with Crippen LogP contribution in [0.25, 0.3) is 0 Å². The number of pyridine rings is 2. The molecule has 10 nitrogen and oxygen atoms in total. The van der Waals surface area contributed by atoms with Gasteiger partial charge in [0.25, 0.3) is 11.5 Å². The summed E-state index contributed by atoms with van der Waals surface area (Å²) in [6, 6.07) is 5.01. The Kier molecular flexibility index (Phi) is 7.24. The van der Waals surface area contributed by atoms with Crippen molar-refractivity contribution in [3.05, 3.63) is 51.7 Å². The van der Waals surface area contributed by atoms with Crippen LogP contribution in [0.3, 0.4) is 0 Å². The Balaban J connectivity index is 1.60. The van der Waals surface area contributed by atoms with Crippen LogP contribution in [0.15, 0.2) is 29.2 Å². The van der Waals surface area contributed by atoms with Gasteiger partial charge >= 0.3 is 6.03 Å². The number of anilines is 2. The molecule has 2 aromatic heterocycles. The first kappa shape index (κ1) is 22.3. The number of urea groups is 1. The second kappa shape index (κ2) is 10.1. The number of aryl methyl sites for hydroxylation is 1. The van der Waals surface area contributed by atoms with E-state index in [9.17, 15) is 14.4 Å². The number of amides is 3. The van der Waals surface area contributed by atoms with Crippen LogP contribution in [-0.2, 0) is 6.54 Å². The zero-order valence-electron chi connectivity index (χ0n) is 18.1. The number of hydrogen-bond donors (Lipinski definition) is 4. The van der Waals surface area contributed by atoms with E-state index in [1.807, 2.05) is 19.9 Å². The second-order valence-corrected chi connectivity index (χ2v) is 7.38. The first-order valence-electron chi connectivity index (χ1n) is 10.3. The van der Waals surface area contributed by atoms with Crippen molar-refractivity contribution >= 4 is 23.3 Å². The third kappa shape index (κ3) is 5.60. The number of carbonyl (C=O) groups excluding carboxylic acids is 2. The molecule has 166 valence electrons. The monoisotopic (exact) mass is 427 g/mol. The van der Waals surface area contributed by atoms with Crippen LogP contribution in [0.2, 0.25) is 0 Å². The van der Waals surface area contributed by atoms with Gasteiger partial charge in [0.2, 0.25) is 0 Å². The summed E-state index contributed by atoms with van der Waals surface area (Å²) in [5.74, 6) is -0.193. The van der Waals surface area contributed by atoms with E-state index in [1.54, 1.807) is 25.4 Å². The number of nitrogens with zero attached hydrogens (tertiary/aromatic N) is 3. The predicted octanol–water partition coefficient (Wildman–Crippen LogP) is 0.902. The number of carbonyl (C=O) groups is 2. The van der Waals surface area contributed by atoms with Crippen LogP contribution < -0.4 is 26.4 Å². The molecule has 0 spiro atoms. The van der Waals surface area contributed by atoms with E-state index in [4.69, 9.17) is 0 Å². The summed E-state index contributed by atoms with van der Waals surface area (Å²) in [5, 5.41) is 7.79. The van der Waals surface area contributed by atoms with Gasteiger partial charge in [-0.05, 0) is 37.6 Å². The van der Waals surface area contributed by atoms with Gasteiger partial charge in [-0.2, -0.15) is 0 Å². The molecule has 1 aliphatic rings. The summed E-state index contributed by atoms with van der Waals surface area (Å²) in [7, 11) is 1.59. The van der Waals surface area contributed by atoms with Gasteiger partial charge < -0.3 is 25.8 Å². The van der Waals surface area contributed by atoms with Crippen LogP contribution in [0.5, 0.6) is 0 Å². The van der Waals surface area contributed by atoms with Gasteiger partial charge in [-0.1, -0.05) is 0 Å². The van der Waals surface area contributed by atoms with Crippen molar-refractivity contribution in [1.29, 1.82) is 0 Å². The molecule has 0 unspecified atom stereocenters. The molecule has 3 amide bonds. The Bertz CT molecular complexity index is 997. The Labute approximate surface area is 181 Å². The minimum absolute atomic E-state index is 0.193. The smallest absolute Gasteiger partial charge is 0.319 e. The van der Waals surface area contributed by atoms with E-state index in [1.165, 1.54) is 0 Å². The van der Waals surface area contributed by atoms with Gasteiger partial charge in [0.15, 0.2) is 0 Å². The molecule has 31 heavy (non-hydrogen) atoms. The first-order chi connectivity index (χ1) is 14.9. The van der Waals surface area contributed by atoms with E-state index >= 15 is 0 Å². The molecular formula is C21H29N7O3. The number of hydrogen-bond acceptors (Lipinski definition) is 6. The van der Waals surface area contributed by atoms with Crippen LogP contribution in [0.1, 0.15) is 28.7 Å². The van der Waals surface area contributed by atoms with Crippen LogP contribution >= 0.6 is 0 Å². The van der Waals surface area contributed by atoms with Gasteiger partial charge in [0, 0.05) is 52.5 Å². The topological polar surface area (TPSA) is 122 Å². The van der Waals surface area contributed by atoms with E-state index in [0.717, 1.165) is 43.1 Å². The van der Waals surface area contributed by atoms with Crippen LogP contribution in [0, 0.1) is 6.92 Å². The summed E-state index contributed by atoms with van der Waals surface area (Å²) in [6.07, 6.45) is 1.68. The number of piperazine rings is 1. The number of nitrogens with one attached hydrogen (secondary N) is 4. The molecule has 3 heterocycles. The van der Waals surface area contributed by atoms with Crippen molar-refractivity contribution in [3.63, 3.8) is 0 Å². The highest BCUT2D eigenvalue weighted by molar-refractivity contribution is 5.92. The molecule has 0 radical (unpaired) electrons. The van der Waals surface area contributed by atoms with Crippen molar-refractivity contribution in [3.8, 4) is 0 Å². The van der Waals surface area contributed by atoms with E-state index in [-0.39, 0.29) is 17.2 Å². The fourth-order valence-corrected chi connectivity index (χ4v) is 3.59. The van der Waals surface area contributed by atoms with Crippen LogP contribution in [-0.4, -0.2) is 66.6 Å². The lowest BCUT2D eigenvalue weighted by Crippen LogP contribution is -2.46. The van der Waals surface area contributed by atoms with Crippen molar-refractivity contribution in [2.24, 2.45) is 0 Å². The fraction of sp³-hybridized carbons (Fsp3) is 0.429. The Hall–Kier alpha value is -3.40. The summed E-state index contributed by atoms with van der Waals surface area (Å²) in [6.45, 7) is 8.22. The summed E-state index contributed by atoms with van der Waals surface area (Å²) in [4.78, 5) is 47.1. The third-order valence-electron chi connectivity index (χ3n) is 5.19. The van der Waals surface area contributed by atoms with Gasteiger partial charge in [0.1, 0.15) is 11.4 Å². The summed E-state index contributed by atoms with van der Waals surface area (Å²) in [5.41, 5.74) is 3.11. The summed E-state index contributed by atoms with van der Waals surface area (Å²) >= 11 is 0. The average molecular weight is 428 g/mol. The normalized spacial score (nSPS) is 14.2. The SMILES string of the molecule is CCNC(=O)Nc1cc(CN2CCN(c3ccc(C(=O)NC)nc3C)CC2)c[nH]c1=O. The maximum absolute atomic E-state index is 12.0. The van der Waals surface area contributed by atoms with E-state index in [2.05, 4.69) is 35.7 Å². The standard InChI is InChI=1S/C21H29N7O3/c1-4-23-21(31)26-17-11-15(12-24-20(17)30)13-27-7-9-28(10-8-27)18-6-5-16(19(29)22-3)25-14(18)2/h5-6,11-12H,4,7-10,13H2,1-3H3,(H,22,29)(H,24,30)(H2,23,26,31). The highest BCUT2D eigenvalue weighted by Gasteiger charge is 2.20. The molecule has 3 rings (SSSR count). The van der Waals surface area contributed by atoms with Crippen molar-refractivity contribution in [2.75, 3.05) is 50.0 Å². The van der Waals surface area contributed by atoms with E-state index in [0.29, 0.717) is 18.8 Å². The summed E-state index contributed by atoms with van der Waals surface area (Å²) < 4.78 is 0. The third-order valence-corrected chi connectivity index (χ3v) is 5.19. The van der Waals surface area contributed by atoms with Crippen molar-refractivity contribution < 1.29 is 9.59 Å². The van der Waals surface area contributed by atoms with Gasteiger partial charge in [-0.15, -0.1) is 0 Å². The second-order valence-electron chi connectivity index (χ2n) is 7.38. The Morgan fingerprint density at radius 2 is 1.94 bits per heavy atom. The van der Waals surface area contributed by atoms with Gasteiger partial charge in [-0.25, -0.2) is 9.78 Å². The molecule has 2 aromatic rings. The van der Waals surface area contributed by atoms with Gasteiger partial charge in [0.05, 0.1) is 11.4 Å². The number of aromatic amines is 1. The molecule has 1 aliphatic heterocycles. The molecule has 0 saturated carbocycles. The van der Waals surface area contributed by atoms with Crippen LogP contribution in [0.4, 0.5) is 16.2 Å². The number of aromatic nitrogens is 2. The quantitative estimate of drug-likeness (QED) is 0.543. The lowest BCUT2D eigenvalue weighted by Gasteiger charge is -2.36. The maximum atomic E-state index is 12.0. The molecule has 0 aromatic carbocycles. The number of rotatable bonds is 6. The average Bonchev–Trinajstić information content (AvgIpc) is 2.76. The van der Waals surface area contributed by atoms with Gasteiger partial charge in [-0.3, -0.25) is 14.5 Å². The van der Waals surface area contributed by atoms with Crippen molar-refractivity contribution in [2.45, 2.75) is 20.4 Å². The van der Waals surface area contributed by atoms with E-state index < -0.39 is 6.03 Å². The minimum Gasteiger partial charge on any atom is -0.368 e. The molecule has 0 atom stereocenters. The lowest BCUT2D eigenvalue weighted by molar-refractivity contribution is 0.0958. The molecule has 0 bridgehead atoms. The molecule has 10 heteroatoms. The Morgan fingerprint density at radius 1 is 1.19 bits per heavy atom. The molecule has 4 N–H and O–H groups in total. The Morgan fingerprint density at radius 3 is 2.58 bits per heavy atom. The zero-order valence-corrected chi connectivity index (χ0v) is 18.1. The molecular weight excluding hydrogens is 398 g/mol. The first-order valence-corrected chi connectivity index (χ1v) is 10.3. The minimum atomic E-state index is -0.398. The maximum Gasteiger partial charge on any atom is 0.319 e. The number of H-pyrrole nitrogens is 1. The molecule has 1 fully saturated rings. The predicted molar refractivity (Wildman–Crippen MR) is 120 cm³/mol. The van der Waals surface area contributed by atoms with Crippen molar-refractivity contribution in [1.82, 2.24) is 25.5 Å².